The standard InChI is InChI=1S/C8H6N4/c1-2-8-10-4-6-12(8)11-5-3-9-7(1)11/h1-6H. The monoisotopic (exact) mass is 158 g/mol. The second-order valence-corrected chi connectivity index (χ2v) is 2.59. The van der Waals surface area contributed by atoms with Gasteiger partial charge < -0.3 is 0 Å². The molecule has 3 aromatic rings. The first-order chi connectivity index (χ1) is 5.95. The third-order valence-electron chi connectivity index (χ3n) is 1.91. The molecule has 0 saturated carbocycles. The lowest BCUT2D eigenvalue weighted by molar-refractivity contribution is 0.855. The first kappa shape index (κ1) is 5.77. The van der Waals surface area contributed by atoms with Crippen molar-refractivity contribution < 1.29 is 0 Å². The lowest BCUT2D eigenvalue weighted by Crippen LogP contribution is -1.96. The van der Waals surface area contributed by atoms with Crippen LogP contribution in [0.1, 0.15) is 0 Å². The summed E-state index contributed by atoms with van der Waals surface area (Å²) in [6.45, 7) is 0. The highest BCUT2D eigenvalue weighted by atomic mass is 15.3. The maximum atomic E-state index is 4.16. The fourth-order valence-corrected chi connectivity index (χ4v) is 1.37. The van der Waals surface area contributed by atoms with Crippen LogP contribution >= 0.6 is 0 Å². The zero-order valence-electron chi connectivity index (χ0n) is 6.25. The van der Waals surface area contributed by atoms with Gasteiger partial charge in [-0.1, -0.05) is 0 Å². The number of aromatic nitrogens is 4. The van der Waals surface area contributed by atoms with E-state index in [1.165, 1.54) is 0 Å². The summed E-state index contributed by atoms with van der Waals surface area (Å²) in [6.07, 6.45) is 7.36. The van der Waals surface area contributed by atoms with Crippen LogP contribution in [0.2, 0.25) is 0 Å². The fourth-order valence-electron chi connectivity index (χ4n) is 1.37. The average Bonchev–Trinajstić information content (AvgIpc) is 2.71. The van der Waals surface area contributed by atoms with E-state index in [9.17, 15) is 0 Å². The molecule has 3 rings (SSSR count). The van der Waals surface area contributed by atoms with Gasteiger partial charge in [0.1, 0.15) is 0 Å². The van der Waals surface area contributed by atoms with Crippen LogP contribution < -0.4 is 0 Å². The van der Waals surface area contributed by atoms with Crippen LogP contribution in [0.4, 0.5) is 0 Å². The Morgan fingerprint density at radius 2 is 1.33 bits per heavy atom. The van der Waals surface area contributed by atoms with E-state index in [0.29, 0.717) is 0 Å². The smallest absolute Gasteiger partial charge is 0.151 e. The van der Waals surface area contributed by atoms with Gasteiger partial charge in [-0.25, -0.2) is 19.0 Å². The van der Waals surface area contributed by atoms with Gasteiger partial charge in [0.15, 0.2) is 11.3 Å². The Morgan fingerprint density at radius 3 is 1.83 bits per heavy atom. The Bertz CT molecular complexity index is 484. The highest BCUT2D eigenvalue weighted by Crippen LogP contribution is 2.04. The number of rotatable bonds is 0. The molecule has 0 unspecified atom stereocenters. The van der Waals surface area contributed by atoms with E-state index >= 15 is 0 Å². The van der Waals surface area contributed by atoms with Crippen LogP contribution in [0.5, 0.6) is 0 Å². The van der Waals surface area contributed by atoms with Crippen LogP contribution in [-0.2, 0) is 0 Å². The minimum absolute atomic E-state index is 0.931. The predicted octanol–water partition coefficient (Wildman–Crippen LogP) is 0.982. The molecular formula is C8H6N4. The topological polar surface area (TPSA) is 34.6 Å². The molecule has 4 nitrogen and oxygen atoms in total. The van der Waals surface area contributed by atoms with Crippen molar-refractivity contribution in [1.29, 1.82) is 0 Å². The molecule has 4 heteroatoms. The highest BCUT2D eigenvalue weighted by Gasteiger charge is 1.97. The molecule has 0 N–H and O–H groups in total. The zero-order chi connectivity index (χ0) is 7.97. The first-order valence-electron chi connectivity index (χ1n) is 3.70. The number of fused-ring (bicyclic) bond motifs is 3. The van der Waals surface area contributed by atoms with Crippen molar-refractivity contribution in [3.05, 3.63) is 36.9 Å². The molecule has 0 radical (unpaired) electrons. The normalized spacial score (nSPS) is 11.3. The number of hydrogen-bond donors (Lipinski definition) is 0. The van der Waals surface area contributed by atoms with Crippen molar-refractivity contribution in [3.8, 4) is 0 Å². The molecule has 0 aliphatic rings. The Kier molecular flexibility index (Phi) is 0.889. The number of imidazole rings is 2. The molecule has 0 bridgehead atoms. The third-order valence-corrected chi connectivity index (χ3v) is 1.91. The Balaban J connectivity index is 2.71. The molecule has 12 heavy (non-hydrogen) atoms. The number of nitrogens with zero attached hydrogens (tertiary/aromatic N) is 4. The van der Waals surface area contributed by atoms with Gasteiger partial charge in [-0.3, -0.25) is 0 Å². The molecule has 0 aliphatic heterocycles. The van der Waals surface area contributed by atoms with E-state index in [0.717, 1.165) is 11.3 Å². The summed E-state index contributed by atoms with van der Waals surface area (Å²) in [4.78, 5) is 8.33. The largest absolute Gasteiger partial charge is 0.236 e. The summed E-state index contributed by atoms with van der Waals surface area (Å²) in [5, 5.41) is 0. The van der Waals surface area contributed by atoms with Crippen LogP contribution in [0.25, 0.3) is 11.3 Å². The number of hydrogen-bond acceptors (Lipinski definition) is 2. The Labute approximate surface area is 68.1 Å². The Morgan fingerprint density at radius 1 is 0.833 bits per heavy atom. The van der Waals surface area contributed by atoms with Crippen molar-refractivity contribution in [2.24, 2.45) is 0 Å². The summed E-state index contributed by atoms with van der Waals surface area (Å²) < 4.78 is 3.89. The first-order valence-corrected chi connectivity index (χ1v) is 3.70. The molecule has 0 saturated heterocycles. The summed E-state index contributed by atoms with van der Waals surface area (Å²) in [6, 6.07) is 3.89. The minimum atomic E-state index is 0.931. The van der Waals surface area contributed by atoms with Crippen molar-refractivity contribution >= 4 is 11.3 Å². The maximum Gasteiger partial charge on any atom is 0.151 e. The van der Waals surface area contributed by atoms with Gasteiger partial charge in [0, 0.05) is 24.8 Å². The second kappa shape index (κ2) is 1.85. The molecule has 0 aromatic carbocycles. The van der Waals surface area contributed by atoms with Gasteiger partial charge in [-0.05, 0) is 12.1 Å². The van der Waals surface area contributed by atoms with Crippen LogP contribution in [0.15, 0.2) is 36.9 Å². The third kappa shape index (κ3) is 0.567. The molecule has 0 aliphatic carbocycles. The second-order valence-electron chi connectivity index (χ2n) is 2.59. The molecular weight excluding hydrogens is 152 g/mol. The molecule has 0 atom stereocenters. The SMILES string of the molecule is c1cn2c(ccc3nccn32)n1. The predicted molar refractivity (Wildman–Crippen MR) is 43.9 cm³/mol. The van der Waals surface area contributed by atoms with Crippen molar-refractivity contribution in [1.82, 2.24) is 19.0 Å². The van der Waals surface area contributed by atoms with Crippen LogP contribution in [-0.4, -0.2) is 19.0 Å². The molecule has 0 amide bonds. The zero-order valence-corrected chi connectivity index (χ0v) is 6.25. The van der Waals surface area contributed by atoms with E-state index in [-0.39, 0.29) is 0 Å². The van der Waals surface area contributed by atoms with Crippen molar-refractivity contribution in [2.45, 2.75) is 0 Å². The molecule has 3 heterocycles. The lowest BCUT2D eigenvalue weighted by atomic mass is 10.5. The van der Waals surface area contributed by atoms with Crippen LogP contribution in [0.3, 0.4) is 0 Å². The molecule has 3 aromatic heterocycles. The molecule has 58 valence electrons. The molecule has 0 fully saturated rings. The fraction of sp³-hybridized carbons (Fsp3) is 0. The molecule has 0 spiro atoms. The Hall–Kier alpha value is -1.84. The highest BCUT2D eigenvalue weighted by molar-refractivity contribution is 5.46. The van der Waals surface area contributed by atoms with E-state index in [2.05, 4.69) is 9.97 Å². The lowest BCUT2D eigenvalue weighted by Gasteiger charge is -1.97. The van der Waals surface area contributed by atoms with Gasteiger partial charge in [0.25, 0.3) is 0 Å². The van der Waals surface area contributed by atoms with Gasteiger partial charge in [-0.15, -0.1) is 0 Å². The minimum Gasteiger partial charge on any atom is -0.236 e. The van der Waals surface area contributed by atoms with Crippen LogP contribution in [0, 0.1) is 0 Å². The van der Waals surface area contributed by atoms with Gasteiger partial charge in [-0.2, -0.15) is 0 Å². The van der Waals surface area contributed by atoms with E-state index < -0.39 is 0 Å². The van der Waals surface area contributed by atoms with Crippen molar-refractivity contribution in [3.63, 3.8) is 0 Å². The van der Waals surface area contributed by atoms with Gasteiger partial charge >= 0.3 is 0 Å². The van der Waals surface area contributed by atoms with E-state index in [1.807, 2.05) is 33.6 Å². The van der Waals surface area contributed by atoms with Gasteiger partial charge in [0.05, 0.1) is 0 Å². The quantitative estimate of drug-likeness (QED) is 0.488. The van der Waals surface area contributed by atoms with Gasteiger partial charge in [0.2, 0.25) is 0 Å². The average molecular weight is 158 g/mol. The summed E-state index contributed by atoms with van der Waals surface area (Å²) in [5.41, 5.74) is 1.86. The summed E-state index contributed by atoms with van der Waals surface area (Å²) in [5.74, 6) is 0. The summed E-state index contributed by atoms with van der Waals surface area (Å²) >= 11 is 0. The van der Waals surface area contributed by atoms with E-state index in [1.54, 1.807) is 12.4 Å². The maximum absolute atomic E-state index is 4.16. The van der Waals surface area contributed by atoms with Crippen molar-refractivity contribution in [2.75, 3.05) is 0 Å². The summed E-state index contributed by atoms with van der Waals surface area (Å²) in [7, 11) is 0. The van der Waals surface area contributed by atoms with E-state index in [4.69, 9.17) is 0 Å².